The Labute approximate surface area is 109 Å². The van der Waals surface area contributed by atoms with Gasteiger partial charge in [0, 0.05) is 24.3 Å². The third-order valence-corrected chi connectivity index (χ3v) is 3.25. The van der Waals surface area contributed by atoms with Crippen LogP contribution in [0.1, 0.15) is 18.9 Å². The number of para-hydroxylation sites is 1. The molecule has 1 aromatic rings. The summed E-state index contributed by atoms with van der Waals surface area (Å²) in [5.74, 6) is 0.924. The molecule has 0 spiro atoms. The van der Waals surface area contributed by atoms with Crippen LogP contribution in [-0.2, 0) is 11.3 Å². The number of nitrogens with one attached hydrogen (secondary N) is 1. The Kier molecular flexibility index (Phi) is 4.39. The van der Waals surface area contributed by atoms with Crippen molar-refractivity contribution in [2.45, 2.75) is 25.4 Å². The number of hydrogen-bond donors (Lipinski definition) is 1. The van der Waals surface area contributed by atoms with Crippen LogP contribution < -0.4 is 10.1 Å². The first-order valence-corrected chi connectivity index (χ1v) is 6.38. The van der Waals surface area contributed by atoms with E-state index in [-0.39, 0.29) is 5.54 Å². The quantitative estimate of drug-likeness (QED) is 0.784. The van der Waals surface area contributed by atoms with E-state index in [9.17, 15) is 0 Å². The van der Waals surface area contributed by atoms with E-state index in [1.807, 2.05) is 18.2 Å². The third kappa shape index (κ3) is 3.34. The predicted octanol–water partition coefficient (Wildman–Crippen LogP) is 2.52. The first kappa shape index (κ1) is 13.1. The Morgan fingerprint density at radius 2 is 2.33 bits per heavy atom. The van der Waals surface area contributed by atoms with Crippen LogP contribution in [-0.4, -0.2) is 25.4 Å². The maximum Gasteiger partial charge on any atom is 0.124 e. The standard InChI is InChI=1S/C15H21NO2/c1-3-9-18-14-7-5-4-6-13(14)11-16-15(2)8-10-17-12-15/h3-7,16H,1,8-12H2,2H3. The second-order valence-electron chi connectivity index (χ2n) is 4.92. The molecule has 2 rings (SSSR count). The van der Waals surface area contributed by atoms with Crippen LogP contribution in [0, 0.1) is 0 Å². The van der Waals surface area contributed by atoms with Gasteiger partial charge in [0.15, 0.2) is 0 Å². The summed E-state index contributed by atoms with van der Waals surface area (Å²) >= 11 is 0. The van der Waals surface area contributed by atoms with E-state index >= 15 is 0 Å². The molecule has 0 amide bonds. The lowest BCUT2D eigenvalue weighted by Gasteiger charge is -2.24. The molecule has 3 heteroatoms. The Morgan fingerprint density at radius 3 is 3.06 bits per heavy atom. The van der Waals surface area contributed by atoms with Gasteiger partial charge < -0.3 is 14.8 Å². The van der Waals surface area contributed by atoms with Gasteiger partial charge in [-0.05, 0) is 19.4 Å². The van der Waals surface area contributed by atoms with Gasteiger partial charge in [0.25, 0.3) is 0 Å². The molecule has 1 fully saturated rings. The van der Waals surface area contributed by atoms with Gasteiger partial charge in [-0.3, -0.25) is 0 Å². The Balaban J connectivity index is 1.97. The van der Waals surface area contributed by atoms with Crippen LogP contribution in [0.4, 0.5) is 0 Å². The van der Waals surface area contributed by atoms with Crippen LogP contribution in [0.5, 0.6) is 5.75 Å². The summed E-state index contributed by atoms with van der Waals surface area (Å²) in [7, 11) is 0. The molecule has 0 saturated carbocycles. The van der Waals surface area contributed by atoms with Crippen LogP contribution >= 0.6 is 0 Å². The predicted molar refractivity (Wildman–Crippen MR) is 72.8 cm³/mol. The van der Waals surface area contributed by atoms with Crippen molar-refractivity contribution in [2.24, 2.45) is 0 Å². The minimum Gasteiger partial charge on any atom is -0.489 e. The van der Waals surface area contributed by atoms with Crippen molar-refractivity contribution in [1.82, 2.24) is 5.32 Å². The summed E-state index contributed by atoms with van der Waals surface area (Å²) in [6, 6.07) is 8.10. The summed E-state index contributed by atoms with van der Waals surface area (Å²) in [5, 5.41) is 3.56. The molecule has 0 aliphatic carbocycles. The van der Waals surface area contributed by atoms with E-state index in [2.05, 4.69) is 24.9 Å². The van der Waals surface area contributed by atoms with Crippen molar-refractivity contribution in [1.29, 1.82) is 0 Å². The third-order valence-electron chi connectivity index (χ3n) is 3.25. The van der Waals surface area contributed by atoms with Crippen molar-refractivity contribution in [3.8, 4) is 5.75 Å². The average Bonchev–Trinajstić information content (AvgIpc) is 2.82. The highest BCUT2D eigenvalue weighted by Crippen LogP contribution is 2.22. The van der Waals surface area contributed by atoms with Gasteiger partial charge in [-0.25, -0.2) is 0 Å². The van der Waals surface area contributed by atoms with Crippen LogP contribution in [0.2, 0.25) is 0 Å². The summed E-state index contributed by atoms with van der Waals surface area (Å²) < 4.78 is 11.1. The van der Waals surface area contributed by atoms with Crippen molar-refractivity contribution < 1.29 is 9.47 Å². The van der Waals surface area contributed by atoms with Gasteiger partial charge >= 0.3 is 0 Å². The van der Waals surface area contributed by atoms with Crippen LogP contribution in [0.3, 0.4) is 0 Å². The van der Waals surface area contributed by atoms with E-state index in [0.717, 1.165) is 31.9 Å². The molecule has 1 saturated heterocycles. The number of hydrogen-bond acceptors (Lipinski definition) is 3. The van der Waals surface area contributed by atoms with E-state index in [0.29, 0.717) is 6.61 Å². The fourth-order valence-corrected chi connectivity index (χ4v) is 2.05. The molecule has 1 aliphatic rings. The fourth-order valence-electron chi connectivity index (χ4n) is 2.05. The number of ether oxygens (including phenoxy) is 2. The van der Waals surface area contributed by atoms with E-state index in [1.165, 1.54) is 5.56 Å². The van der Waals surface area contributed by atoms with Gasteiger partial charge in [-0.15, -0.1) is 0 Å². The van der Waals surface area contributed by atoms with E-state index in [4.69, 9.17) is 9.47 Å². The van der Waals surface area contributed by atoms with Gasteiger partial charge in [0.2, 0.25) is 0 Å². The maximum atomic E-state index is 5.65. The van der Waals surface area contributed by atoms with Gasteiger partial charge in [-0.1, -0.05) is 30.9 Å². The Hall–Kier alpha value is -1.32. The normalized spacial score (nSPS) is 22.9. The lowest BCUT2D eigenvalue weighted by molar-refractivity contribution is 0.171. The molecule has 0 bridgehead atoms. The van der Waals surface area contributed by atoms with Crippen LogP contribution in [0.15, 0.2) is 36.9 Å². The summed E-state index contributed by atoms with van der Waals surface area (Å²) in [4.78, 5) is 0. The van der Waals surface area contributed by atoms with Gasteiger partial charge in [0.05, 0.1) is 6.61 Å². The largest absolute Gasteiger partial charge is 0.489 e. The molecule has 1 aromatic carbocycles. The van der Waals surface area contributed by atoms with E-state index in [1.54, 1.807) is 6.08 Å². The molecule has 0 aromatic heterocycles. The zero-order valence-electron chi connectivity index (χ0n) is 10.9. The van der Waals surface area contributed by atoms with Crippen molar-refractivity contribution in [2.75, 3.05) is 19.8 Å². The Morgan fingerprint density at radius 1 is 1.50 bits per heavy atom. The minimum absolute atomic E-state index is 0.0888. The molecular weight excluding hydrogens is 226 g/mol. The molecule has 1 N–H and O–H groups in total. The number of benzene rings is 1. The first-order chi connectivity index (χ1) is 8.73. The molecular formula is C15H21NO2. The number of rotatable bonds is 6. The summed E-state index contributed by atoms with van der Waals surface area (Å²) in [5.41, 5.74) is 1.26. The maximum absolute atomic E-state index is 5.65. The molecule has 3 nitrogen and oxygen atoms in total. The zero-order chi connectivity index (χ0) is 12.8. The van der Waals surface area contributed by atoms with Gasteiger partial charge in [-0.2, -0.15) is 0 Å². The molecule has 1 unspecified atom stereocenters. The zero-order valence-corrected chi connectivity index (χ0v) is 10.9. The topological polar surface area (TPSA) is 30.5 Å². The van der Waals surface area contributed by atoms with Gasteiger partial charge in [0.1, 0.15) is 12.4 Å². The molecule has 1 aliphatic heterocycles. The molecule has 1 heterocycles. The van der Waals surface area contributed by atoms with Crippen molar-refractivity contribution in [3.05, 3.63) is 42.5 Å². The fraction of sp³-hybridized carbons (Fsp3) is 0.467. The highest BCUT2D eigenvalue weighted by atomic mass is 16.5. The van der Waals surface area contributed by atoms with Crippen molar-refractivity contribution >= 4 is 0 Å². The molecule has 0 radical (unpaired) electrons. The second-order valence-corrected chi connectivity index (χ2v) is 4.92. The molecule has 98 valence electrons. The lowest BCUT2D eigenvalue weighted by atomic mass is 10.0. The second kappa shape index (κ2) is 6.03. The van der Waals surface area contributed by atoms with Crippen LogP contribution in [0.25, 0.3) is 0 Å². The highest BCUT2D eigenvalue weighted by Gasteiger charge is 2.28. The lowest BCUT2D eigenvalue weighted by Crippen LogP contribution is -2.42. The SMILES string of the molecule is C=CCOc1ccccc1CNC1(C)CCOC1. The van der Waals surface area contributed by atoms with Crippen molar-refractivity contribution in [3.63, 3.8) is 0 Å². The monoisotopic (exact) mass is 247 g/mol. The first-order valence-electron chi connectivity index (χ1n) is 6.38. The highest BCUT2D eigenvalue weighted by molar-refractivity contribution is 5.33. The summed E-state index contributed by atoms with van der Waals surface area (Å²) in [6.45, 7) is 8.83. The summed E-state index contributed by atoms with van der Waals surface area (Å²) in [6.07, 6.45) is 2.82. The van der Waals surface area contributed by atoms with E-state index < -0.39 is 0 Å². The molecule has 18 heavy (non-hydrogen) atoms. The Bertz CT molecular complexity index is 397. The average molecular weight is 247 g/mol. The smallest absolute Gasteiger partial charge is 0.124 e. The molecule has 1 atom stereocenters. The minimum atomic E-state index is 0.0888.